The summed E-state index contributed by atoms with van der Waals surface area (Å²) in [7, 11) is 0. The van der Waals surface area contributed by atoms with Gasteiger partial charge in [-0.1, -0.05) is 11.6 Å². The summed E-state index contributed by atoms with van der Waals surface area (Å²) < 4.78 is 5.49. The lowest BCUT2D eigenvalue weighted by Crippen LogP contribution is -1.94. The van der Waals surface area contributed by atoms with E-state index in [0.717, 1.165) is 6.07 Å². The minimum Gasteiger partial charge on any atom is -0.506 e. The van der Waals surface area contributed by atoms with Crippen molar-refractivity contribution in [3.63, 3.8) is 0 Å². The monoisotopic (exact) mass is 356 g/mol. The number of nitrogens with zero attached hydrogens (tertiary/aromatic N) is 3. The third-order valence-electron chi connectivity index (χ3n) is 3.26. The average Bonchev–Trinajstić information content (AvgIpc) is 2.99. The van der Waals surface area contributed by atoms with Gasteiger partial charge in [0.1, 0.15) is 22.9 Å². The van der Waals surface area contributed by atoms with E-state index in [4.69, 9.17) is 16.0 Å². The van der Waals surface area contributed by atoms with Gasteiger partial charge >= 0.3 is 0 Å². The molecule has 1 aromatic heterocycles. The lowest BCUT2D eigenvalue weighted by Gasteiger charge is -2.04. The molecular weight excluding hydrogens is 348 g/mol. The van der Waals surface area contributed by atoms with Gasteiger partial charge in [-0.15, -0.1) is 0 Å². The molecule has 25 heavy (non-hydrogen) atoms. The summed E-state index contributed by atoms with van der Waals surface area (Å²) in [4.78, 5) is 14.4. The van der Waals surface area contributed by atoms with Crippen molar-refractivity contribution in [1.82, 2.24) is 4.98 Å². The predicted octanol–water partition coefficient (Wildman–Crippen LogP) is 4.07. The molecule has 1 heterocycles. The maximum Gasteiger partial charge on any atom is 0.271 e. The van der Waals surface area contributed by atoms with Crippen LogP contribution in [0.2, 0.25) is 5.02 Å². The van der Waals surface area contributed by atoms with Gasteiger partial charge in [0.25, 0.3) is 5.69 Å². The molecular formula is C16H9ClN4O4. The Labute approximate surface area is 145 Å². The summed E-state index contributed by atoms with van der Waals surface area (Å²) >= 11 is 5.88. The van der Waals surface area contributed by atoms with Gasteiger partial charge in [0.05, 0.1) is 10.6 Å². The van der Waals surface area contributed by atoms with E-state index in [0.29, 0.717) is 16.1 Å². The van der Waals surface area contributed by atoms with E-state index in [-0.39, 0.29) is 28.6 Å². The molecule has 3 rings (SSSR count). The first kappa shape index (κ1) is 16.3. The van der Waals surface area contributed by atoms with Gasteiger partial charge in [-0.25, -0.2) is 4.98 Å². The molecule has 3 aromatic rings. The predicted molar refractivity (Wildman–Crippen MR) is 91.0 cm³/mol. The molecule has 0 saturated heterocycles. The highest BCUT2D eigenvalue weighted by Gasteiger charge is 2.13. The number of allylic oxidation sites excluding steroid dienone is 1. The van der Waals surface area contributed by atoms with Crippen LogP contribution < -0.4 is 5.32 Å². The molecule has 0 aliphatic rings. The number of hydrogen-bond acceptors (Lipinski definition) is 7. The topological polar surface area (TPSA) is 125 Å². The van der Waals surface area contributed by atoms with Crippen LogP contribution in [0.5, 0.6) is 5.75 Å². The van der Waals surface area contributed by atoms with E-state index in [1.165, 1.54) is 18.3 Å². The van der Waals surface area contributed by atoms with Crippen LogP contribution in [0, 0.1) is 21.4 Å². The number of nitriles is 1. The minimum atomic E-state index is -0.593. The summed E-state index contributed by atoms with van der Waals surface area (Å²) in [5.74, 6) is -0.152. The SMILES string of the molecule is N#C/C(=C\Nc1cc([N+](=O)[O-])ccc1O)c1nc2cc(Cl)ccc2o1. The van der Waals surface area contributed by atoms with Crippen LogP contribution in [-0.2, 0) is 0 Å². The number of fused-ring (bicyclic) bond motifs is 1. The fraction of sp³-hybridized carbons (Fsp3) is 0. The van der Waals surface area contributed by atoms with E-state index in [2.05, 4.69) is 10.3 Å². The standard InChI is InChI=1S/C16H9ClN4O4/c17-10-1-4-15-13(5-10)20-16(25-15)9(7-18)8-19-12-6-11(21(23)24)2-3-14(12)22/h1-6,8,19,22H/b9-8+. The van der Waals surface area contributed by atoms with Crippen molar-refractivity contribution in [2.24, 2.45) is 0 Å². The fourth-order valence-corrected chi connectivity index (χ4v) is 2.23. The number of benzene rings is 2. The lowest BCUT2D eigenvalue weighted by atomic mass is 10.2. The van der Waals surface area contributed by atoms with Crippen LogP contribution in [0.25, 0.3) is 16.7 Å². The Kier molecular flexibility index (Phi) is 4.24. The van der Waals surface area contributed by atoms with Crippen LogP contribution >= 0.6 is 11.6 Å². The second-order valence-electron chi connectivity index (χ2n) is 4.90. The minimum absolute atomic E-state index is 0.0400. The molecule has 8 nitrogen and oxygen atoms in total. The maximum absolute atomic E-state index is 10.8. The first-order chi connectivity index (χ1) is 12.0. The molecule has 2 aromatic carbocycles. The van der Waals surface area contributed by atoms with Gasteiger partial charge in [-0.2, -0.15) is 5.26 Å². The first-order valence-corrected chi connectivity index (χ1v) is 7.26. The van der Waals surface area contributed by atoms with Gasteiger partial charge in [-0.3, -0.25) is 10.1 Å². The van der Waals surface area contributed by atoms with Crippen LogP contribution in [0.15, 0.2) is 47.0 Å². The van der Waals surface area contributed by atoms with Crippen molar-refractivity contribution >= 4 is 39.6 Å². The maximum atomic E-state index is 10.8. The molecule has 0 amide bonds. The molecule has 0 radical (unpaired) electrons. The zero-order chi connectivity index (χ0) is 18.0. The summed E-state index contributed by atoms with van der Waals surface area (Å²) in [6, 6.07) is 10.3. The number of phenols is 1. The van der Waals surface area contributed by atoms with E-state index < -0.39 is 4.92 Å². The molecule has 0 aliphatic heterocycles. The van der Waals surface area contributed by atoms with E-state index in [9.17, 15) is 20.5 Å². The normalized spacial score (nSPS) is 11.3. The van der Waals surface area contributed by atoms with Crippen LogP contribution in [-0.4, -0.2) is 15.0 Å². The molecule has 0 bridgehead atoms. The van der Waals surface area contributed by atoms with Gasteiger partial charge in [0, 0.05) is 23.4 Å². The Bertz CT molecular complexity index is 1050. The van der Waals surface area contributed by atoms with Crippen molar-refractivity contribution in [3.05, 3.63) is 63.6 Å². The number of nitro groups is 1. The van der Waals surface area contributed by atoms with Crippen LogP contribution in [0.3, 0.4) is 0 Å². The number of non-ortho nitro benzene ring substituents is 1. The number of phenolic OH excluding ortho intramolecular Hbond substituents is 1. The number of hydrogen-bond donors (Lipinski definition) is 2. The largest absolute Gasteiger partial charge is 0.506 e. The van der Waals surface area contributed by atoms with Gasteiger partial charge in [0.2, 0.25) is 5.89 Å². The summed E-state index contributed by atoms with van der Waals surface area (Å²) in [5, 5.41) is 33.0. The first-order valence-electron chi connectivity index (χ1n) is 6.88. The Morgan fingerprint density at radius 2 is 2.20 bits per heavy atom. The van der Waals surface area contributed by atoms with Gasteiger partial charge < -0.3 is 14.8 Å². The van der Waals surface area contributed by atoms with Crippen molar-refractivity contribution < 1.29 is 14.4 Å². The highest BCUT2D eigenvalue weighted by molar-refractivity contribution is 6.31. The molecule has 9 heteroatoms. The van der Waals surface area contributed by atoms with Crippen molar-refractivity contribution in [1.29, 1.82) is 5.26 Å². The summed E-state index contributed by atoms with van der Waals surface area (Å²) in [6.45, 7) is 0. The Balaban J connectivity index is 1.94. The number of oxazole rings is 1. The van der Waals surface area contributed by atoms with E-state index in [1.807, 2.05) is 6.07 Å². The van der Waals surface area contributed by atoms with E-state index in [1.54, 1.807) is 18.2 Å². The second kappa shape index (κ2) is 6.51. The molecule has 2 N–H and O–H groups in total. The smallest absolute Gasteiger partial charge is 0.271 e. The number of halogens is 1. The lowest BCUT2D eigenvalue weighted by molar-refractivity contribution is -0.384. The quantitative estimate of drug-likeness (QED) is 0.312. The molecule has 0 atom stereocenters. The van der Waals surface area contributed by atoms with Crippen molar-refractivity contribution in [3.8, 4) is 11.8 Å². The van der Waals surface area contributed by atoms with Gasteiger partial charge in [-0.05, 0) is 24.3 Å². The molecule has 0 unspecified atom stereocenters. The highest BCUT2D eigenvalue weighted by atomic mass is 35.5. The number of anilines is 1. The van der Waals surface area contributed by atoms with Crippen LogP contribution in [0.4, 0.5) is 11.4 Å². The highest BCUT2D eigenvalue weighted by Crippen LogP contribution is 2.29. The number of nitrogens with one attached hydrogen (secondary N) is 1. The summed E-state index contributed by atoms with van der Waals surface area (Å²) in [6.07, 6.45) is 1.24. The van der Waals surface area contributed by atoms with Crippen LogP contribution in [0.1, 0.15) is 5.89 Å². The third kappa shape index (κ3) is 3.36. The molecule has 0 aliphatic carbocycles. The average molecular weight is 357 g/mol. The van der Waals surface area contributed by atoms with Gasteiger partial charge in [0.15, 0.2) is 5.58 Å². The Hall–Kier alpha value is -3.57. The number of aromatic hydroxyl groups is 1. The third-order valence-corrected chi connectivity index (χ3v) is 3.50. The van der Waals surface area contributed by atoms with E-state index >= 15 is 0 Å². The van der Waals surface area contributed by atoms with Crippen molar-refractivity contribution in [2.75, 3.05) is 5.32 Å². The summed E-state index contributed by atoms with van der Waals surface area (Å²) in [5.41, 5.74) is 0.851. The molecule has 0 saturated carbocycles. The molecule has 0 spiro atoms. The Morgan fingerprint density at radius 3 is 2.92 bits per heavy atom. The Morgan fingerprint density at radius 1 is 1.40 bits per heavy atom. The molecule has 124 valence electrons. The number of aromatic nitrogens is 1. The van der Waals surface area contributed by atoms with Crippen molar-refractivity contribution in [2.45, 2.75) is 0 Å². The molecule has 0 fully saturated rings. The zero-order valence-electron chi connectivity index (χ0n) is 12.4. The zero-order valence-corrected chi connectivity index (χ0v) is 13.2. The fourth-order valence-electron chi connectivity index (χ4n) is 2.06. The number of rotatable bonds is 4. The second-order valence-corrected chi connectivity index (χ2v) is 5.34. The number of nitro benzene ring substituents is 1.